The maximum absolute atomic E-state index is 12.5. The van der Waals surface area contributed by atoms with Gasteiger partial charge in [-0.2, -0.15) is 0 Å². The molecule has 0 amide bonds. The second-order valence-corrected chi connectivity index (χ2v) is 6.67. The number of rotatable bonds is 3. The standard InChI is InChI=1S/C14H27NO/c1-10-6-8-11(9-7-10)12(16)13(2,3)14(4,5)15/h10-11H,6-9,15H2,1-5H3. The molecule has 2 N–H and O–H groups in total. The third-order valence-corrected chi connectivity index (χ3v) is 4.61. The van der Waals surface area contributed by atoms with Crippen molar-refractivity contribution in [2.24, 2.45) is 23.0 Å². The molecule has 1 fully saturated rings. The predicted octanol–water partition coefficient (Wildman–Crippen LogP) is 3.15. The highest BCUT2D eigenvalue weighted by Gasteiger charge is 2.43. The maximum Gasteiger partial charge on any atom is 0.143 e. The molecule has 0 heterocycles. The van der Waals surface area contributed by atoms with Crippen molar-refractivity contribution in [2.75, 3.05) is 0 Å². The number of nitrogens with two attached hydrogens (primary N) is 1. The van der Waals surface area contributed by atoms with Crippen molar-refractivity contribution in [3.05, 3.63) is 0 Å². The predicted molar refractivity (Wildman–Crippen MR) is 68.2 cm³/mol. The minimum atomic E-state index is -0.437. The van der Waals surface area contributed by atoms with Gasteiger partial charge in [-0.3, -0.25) is 4.79 Å². The fourth-order valence-electron chi connectivity index (χ4n) is 2.35. The zero-order valence-electron chi connectivity index (χ0n) is 11.5. The van der Waals surface area contributed by atoms with Gasteiger partial charge in [-0.25, -0.2) is 0 Å². The van der Waals surface area contributed by atoms with Crippen LogP contribution in [0.2, 0.25) is 0 Å². The molecule has 1 saturated carbocycles. The van der Waals surface area contributed by atoms with Gasteiger partial charge in [-0.05, 0) is 32.6 Å². The topological polar surface area (TPSA) is 43.1 Å². The summed E-state index contributed by atoms with van der Waals surface area (Å²) in [5.41, 5.74) is 5.27. The van der Waals surface area contributed by atoms with Crippen LogP contribution in [-0.2, 0) is 4.79 Å². The summed E-state index contributed by atoms with van der Waals surface area (Å²) in [6.45, 7) is 10.2. The van der Waals surface area contributed by atoms with Crippen molar-refractivity contribution in [2.45, 2.75) is 65.8 Å². The molecule has 1 aliphatic rings. The molecule has 1 rings (SSSR count). The Kier molecular flexibility index (Phi) is 3.83. The highest BCUT2D eigenvalue weighted by molar-refractivity contribution is 5.87. The first-order valence-electron chi connectivity index (χ1n) is 6.49. The summed E-state index contributed by atoms with van der Waals surface area (Å²) in [4.78, 5) is 12.5. The lowest BCUT2D eigenvalue weighted by Crippen LogP contribution is -2.53. The number of carbonyl (C=O) groups excluding carboxylic acids is 1. The largest absolute Gasteiger partial charge is 0.325 e. The second kappa shape index (κ2) is 4.48. The van der Waals surface area contributed by atoms with Gasteiger partial charge in [0.15, 0.2) is 0 Å². The van der Waals surface area contributed by atoms with Gasteiger partial charge >= 0.3 is 0 Å². The van der Waals surface area contributed by atoms with Crippen molar-refractivity contribution in [1.82, 2.24) is 0 Å². The SMILES string of the molecule is CC1CCC(C(=O)C(C)(C)C(C)(C)N)CC1. The molecule has 0 aromatic rings. The van der Waals surface area contributed by atoms with Gasteiger partial charge in [0, 0.05) is 16.9 Å². The van der Waals surface area contributed by atoms with Crippen LogP contribution in [0.1, 0.15) is 60.3 Å². The zero-order valence-corrected chi connectivity index (χ0v) is 11.5. The highest BCUT2D eigenvalue weighted by Crippen LogP contribution is 2.38. The molecule has 2 heteroatoms. The van der Waals surface area contributed by atoms with Crippen LogP contribution in [0, 0.1) is 17.3 Å². The third kappa shape index (κ3) is 2.65. The molecule has 0 bridgehead atoms. The van der Waals surface area contributed by atoms with Crippen LogP contribution in [0.3, 0.4) is 0 Å². The Morgan fingerprint density at radius 1 is 1.06 bits per heavy atom. The van der Waals surface area contributed by atoms with Crippen LogP contribution in [0.15, 0.2) is 0 Å². The normalized spacial score (nSPS) is 27.9. The molecule has 0 unspecified atom stereocenters. The first-order chi connectivity index (χ1) is 7.16. The van der Waals surface area contributed by atoms with E-state index in [2.05, 4.69) is 6.92 Å². The third-order valence-electron chi connectivity index (χ3n) is 4.61. The summed E-state index contributed by atoms with van der Waals surface area (Å²) < 4.78 is 0. The monoisotopic (exact) mass is 225 g/mol. The van der Waals surface area contributed by atoms with Crippen molar-refractivity contribution in [3.8, 4) is 0 Å². The van der Waals surface area contributed by atoms with Crippen molar-refractivity contribution in [3.63, 3.8) is 0 Å². The Hall–Kier alpha value is -0.370. The van der Waals surface area contributed by atoms with E-state index in [0.717, 1.165) is 18.8 Å². The Morgan fingerprint density at radius 2 is 1.50 bits per heavy atom. The van der Waals surface area contributed by atoms with E-state index in [1.165, 1.54) is 12.8 Å². The van der Waals surface area contributed by atoms with Gasteiger partial charge in [-0.15, -0.1) is 0 Å². The van der Waals surface area contributed by atoms with Crippen LogP contribution < -0.4 is 5.73 Å². The van der Waals surface area contributed by atoms with Crippen LogP contribution in [0.5, 0.6) is 0 Å². The van der Waals surface area contributed by atoms with Crippen molar-refractivity contribution < 1.29 is 4.79 Å². The van der Waals surface area contributed by atoms with Crippen LogP contribution in [0.4, 0.5) is 0 Å². The molecule has 0 atom stereocenters. The minimum absolute atomic E-state index is 0.244. The fourth-order valence-corrected chi connectivity index (χ4v) is 2.35. The fraction of sp³-hybridized carbons (Fsp3) is 0.929. The van der Waals surface area contributed by atoms with E-state index in [1.54, 1.807) is 0 Å². The molecule has 0 aliphatic heterocycles. The van der Waals surface area contributed by atoms with E-state index >= 15 is 0 Å². The Bertz CT molecular complexity index is 254. The maximum atomic E-state index is 12.5. The lowest BCUT2D eigenvalue weighted by atomic mass is 9.66. The first kappa shape index (κ1) is 13.7. The van der Waals surface area contributed by atoms with Gasteiger partial charge in [0.25, 0.3) is 0 Å². The molecule has 16 heavy (non-hydrogen) atoms. The molecular weight excluding hydrogens is 198 g/mol. The van der Waals surface area contributed by atoms with E-state index in [0.29, 0.717) is 5.78 Å². The van der Waals surface area contributed by atoms with Crippen LogP contribution in [0.25, 0.3) is 0 Å². The van der Waals surface area contributed by atoms with Gasteiger partial charge < -0.3 is 5.73 Å². The molecule has 0 aromatic carbocycles. The van der Waals surface area contributed by atoms with Gasteiger partial charge in [-0.1, -0.05) is 33.6 Å². The molecule has 2 nitrogen and oxygen atoms in total. The lowest BCUT2D eigenvalue weighted by molar-refractivity contribution is -0.135. The smallest absolute Gasteiger partial charge is 0.143 e. The average molecular weight is 225 g/mol. The quantitative estimate of drug-likeness (QED) is 0.802. The Labute approximate surface area is 100.0 Å². The highest BCUT2D eigenvalue weighted by atomic mass is 16.1. The van der Waals surface area contributed by atoms with Crippen molar-refractivity contribution in [1.29, 1.82) is 0 Å². The van der Waals surface area contributed by atoms with Gasteiger partial charge in [0.05, 0.1) is 0 Å². The summed E-state index contributed by atoms with van der Waals surface area (Å²) in [6.07, 6.45) is 4.49. The molecule has 94 valence electrons. The van der Waals surface area contributed by atoms with Crippen molar-refractivity contribution >= 4 is 5.78 Å². The van der Waals surface area contributed by atoms with Gasteiger partial charge in [0.1, 0.15) is 5.78 Å². The number of hydrogen-bond donors (Lipinski definition) is 1. The van der Waals surface area contributed by atoms with E-state index in [-0.39, 0.29) is 5.92 Å². The summed E-state index contributed by atoms with van der Waals surface area (Å²) in [5, 5.41) is 0. The van der Waals surface area contributed by atoms with E-state index in [4.69, 9.17) is 5.73 Å². The zero-order chi connectivity index (χ0) is 12.6. The van der Waals surface area contributed by atoms with E-state index < -0.39 is 11.0 Å². The summed E-state index contributed by atoms with van der Waals surface area (Å²) in [6, 6.07) is 0. The molecule has 0 radical (unpaired) electrons. The average Bonchev–Trinajstić information content (AvgIpc) is 2.16. The Morgan fingerprint density at radius 3 is 1.88 bits per heavy atom. The molecule has 1 aliphatic carbocycles. The minimum Gasteiger partial charge on any atom is -0.325 e. The van der Waals surface area contributed by atoms with Crippen LogP contribution >= 0.6 is 0 Å². The Balaban J connectivity index is 2.71. The van der Waals surface area contributed by atoms with E-state index in [9.17, 15) is 4.79 Å². The summed E-state index contributed by atoms with van der Waals surface area (Å²) in [5.74, 6) is 1.40. The molecule has 0 saturated heterocycles. The molecule has 0 spiro atoms. The number of carbonyl (C=O) groups is 1. The van der Waals surface area contributed by atoms with Crippen LogP contribution in [-0.4, -0.2) is 11.3 Å². The summed E-state index contributed by atoms with van der Waals surface area (Å²) >= 11 is 0. The number of hydrogen-bond acceptors (Lipinski definition) is 2. The summed E-state index contributed by atoms with van der Waals surface area (Å²) in [7, 11) is 0. The van der Waals surface area contributed by atoms with Gasteiger partial charge in [0.2, 0.25) is 0 Å². The molecule has 0 aromatic heterocycles. The second-order valence-electron chi connectivity index (χ2n) is 6.67. The lowest BCUT2D eigenvalue weighted by Gasteiger charge is -2.40. The number of ketones is 1. The number of Topliss-reactive ketones (excluding diaryl/α,β-unsaturated/α-hetero) is 1. The van der Waals surface area contributed by atoms with E-state index in [1.807, 2.05) is 27.7 Å². The molecular formula is C14H27NO. The first-order valence-corrected chi connectivity index (χ1v) is 6.49.